The van der Waals surface area contributed by atoms with Crippen LogP contribution in [0.25, 0.3) is 10.2 Å². The lowest BCUT2D eigenvalue weighted by molar-refractivity contribution is 0.236. The lowest BCUT2D eigenvalue weighted by Crippen LogP contribution is -2.25. The van der Waals surface area contributed by atoms with Crippen molar-refractivity contribution in [2.45, 2.75) is 33.2 Å². The van der Waals surface area contributed by atoms with Crippen LogP contribution in [0.3, 0.4) is 0 Å². The highest BCUT2D eigenvalue weighted by Gasteiger charge is 2.15. The van der Waals surface area contributed by atoms with E-state index in [0.29, 0.717) is 0 Å². The zero-order valence-electron chi connectivity index (χ0n) is 10.2. The minimum Gasteiger partial charge on any atom is -0.394 e. The lowest BCUT2D eigenvalue weighted by Gasteiger charge is -2.11. The van der Waals surface area contributed by atoms with Gasteiger partial charge in [0.25, 0.3) is 5.56 Å². The molecule has 0 aliphatic rings. The Balaban J connectivity index is 2.78. The molecule has 2 aromatic heterocycles. The fourth-order valence-electron chi connectivity index (χ4n) is 2.00. The van der Waals surface area contributed by atoms with Gasteiger partial charge in [-0.05, 0) is 25.8 Å². The zero-order chi connectivity index (χ0) is 12.6. The maximum Gasteiger partial charge on any atom is 0.262 e. The Labute approximate surface area is 104 Å². The molecule has 0 radical (unpaired) electrons. The van der Waals surface area contributed by atoms with Crippen molar-refractivity contribution >= 4 is 21.6 Å². The molecule has 1 unspecified atom stereocenters. The largest absolute Gasteiger partial charge is 0.394 e. The van der Waals surface area contributed by atoms with Gasteiger partial charge in [-0.2, -0.15) is 0 Å². The fourth-order valence-corrected chi connectivity index (χ4v) is 3.07. The van der Waals surface area contributed by atoms with E-state index in [2.05, 4.69) is 4.98 Å². The maximum atomic E-state index is 12.3. The summed E-state index contributed by atoms with van der Waals surface area (Å²) >= 11 is 1.56. The summed E-state index contributed by atoms with van der Waals surface area (Å²) in [6.07, 6.45) is 2.36. The molecule has 1 N–H and O–H groups in total. The van der Waals surface area contributed by atoms with Crippen LogP contribution in [0.15, 0.2) is 11.1 Å². The molecule has 2 rings (SSSR count). The molecule has 17 heavy (non-hydrogen) atoms. The Morgan fingerprint density at radius 3 is 2.88 bits per heavy atom. The van der Waals surface area contributed by atoms with Crippen molar-refractivity contribution in [2.24, 2.45) is 0 Å². The van der Waals surface area contributed by atoms with Crippen molar-refractivity contribution in [3.8, 4) is 0 Å². The third-order valence-corrected chi connectivity index (χ3v) is 4.09. The van der Waals surface area contributed by atoms with Crippen molar-refractivity contribution in [3.63, 3.8) is 0 Å². The summed E-state index contributed by atoms with van der Waals surface area (Å²) in [5.74, 6) is 0. The van der Waals surface area contributed by atoms with Gasteiger partial charge in [-0.15, -0.1) is 11.3 Å². The van der Waals surface area contributed by atoms with Crippen LogP contribution >= 0.6 is 11.3 Å². The molecule has 2 heterocycles. The highest BCUT2D eigenvalue weighted by atomic mass is 32.1. The van der Waals surface area contributed by atoms with Crippen molar-refractivity contribution in [1.29, 1.82) is 0 Å². The van der Waals surface area contributed by atoms with E-state index in [1.807, 2.05) is 13.8 Å². The first kappa shape index (κ1) is 12.3. The number of hydrogen-bond donors (Lipinski definition) is 1. The number of rotatable bonds is 3. The first-order valence-electron chi connectivity index (χ1n) is 5.70. The number of thiophene rings is 1. The number of fused-ring (bicyclic) bond motifs is 1. The Bertz CT molecular complexity index is 600. The minimum atomic E-state index is -0.232. The number of aromatic nitrogens is 2. The van der Waals surface area contributed by atoms with E-state index in [4.69, 9.17) is 5.11 Å². The second-order valence-electron chi connectivity index (χ2n) is 4.16. The summed E-state index contributed by atoms with van der Waals surface area (Å²) < 4.78 is 1.51. The molecule has 0 spiro atoms. The van der Waals surface area contributed by atoms with Crippen LogP contribution in [0.4, 0.5) is 0 Å². The SMILES string of the molecule is CCc1c(C)sc2ncn(C(C)CO)c(=O)c12. The molecule has 0 saturated carbocycles. The lowest BCUT2D eigenvalue weighted by atomic mass is 10.1. The zero-order valence-corrected chi connectivity index (χ0v) is 11.0. The van der Waals surface area contributed by atoms with E-state index in [9.17, 15) is 4.79 Å². The summed E-state index contributed by atoms with van der Waals surface area (Å²) in [6, 6.07) is -0.232. The van der Waals surface area contributed by atoms with Crippen LogP contribution in [0, 0.1) is 6.92 Å². The molecule has 0 amide bonds. The molecule has 0 bridgehead atoms. The number of aliphatic hydroxyl groups excluding tert-OH is 1. The Morgan fingerprint density at radius 2 is 2.29 bits per heavy atom. The van der Waals surface area contributed by atoms with Crippen LogP contribution in [-0.2, 0) is 6.42 Å². The summed E-state index contributed by atoms with van der Waals surface area (Å²) in [5, 5.41) is 9.85. The fraction of sp³-hybridized carbons (Fsp3) is 0.500. The van der Waals surface area contributed by atoms with Crippen molar-refractivity contribution in [2.75, 3.05) is 6.61 Å². The Kier molecular flexibility index (Phi) is 3.31. The number of hydrogen-bond acceptors (Lipinski definition) is 4. The molecule has 0 saturated heterocycles. The normalized spacial score (nSPS) is 13.2. The Hall–Kier alpha value is -1.20. The molecule has 92 valence electrons. The number of aliphatic hydroxyl groups is 1. The van der Waals surface area contributed by atoms with Crippen molar-refractivity contribution in [1.82, 2.24) is 9.55 Å². The molecular weight excluding hydrogens is 236 g/mol. The molecular formula is C12H16N2O2S. The standard InChI is InChI=1S/C12H16N2O2S/c1-4-9-8(3)17-11-10(9)12(16)14(6-13-11)7(2)5-15/h6-7,15H,4-5H2,1-3H3. The third kappa shape index (κ3) is 1.89. The van der Waals surface area contributed by atoms with Crippen LogP contribution in [0.2, 0.25) is 0 Å². The highest BCUT2D eigenvalue weighted by Crippen LogP contribution is 2.27. The molecule has 0 aliphatic carbocycles. The van der Waals surface area contributed by atoms with Gasteiger partial charge >= 0.3 is 0 Å². The second-order valence-corrected chi connectivity index (χ2v) is 5.36. The average molecular weight is 252 g/mol. The van der Waals surface area contributed by atoms with Gasteiger partial charge in [0.2, 0.25) is 0 Å². The number of nitrogens with zero attached hydrogens (tertiary/aromatic N) is 2. The molecule has 0 fully saturated rings. The topological polar surface area (TPSA) is 55.1 Å². The highest BCUT2D eigenvalue weighted by molar-refractivity contribution is 7.18. The van der Waals surface area contributed by atoms with Gasteiger partial charge in [-0.3, -0.25) is 9.36 Å². The predicted molar refractivity (Wildman–Crippen MR) is 69.8 cm³/mol. The van der Waals surface area contributed by atoms with Crippen LogP contribution in [-0.4, -0.2) is 21.3 Å². The molecule has 5 heteroatoms. The predicted octanol–water partition coefficient (Wildman–Crippen LogP) is 1.88. The molecule has 0 aromatic carbocycles. The van der Waals surface area contributed by atoms with Gasteiger partial charge < -0.3 is 5.11 Å². The smallest absolute Gasteiger partial charge is 0.262 e. The quantitative estimate of drug-likeness (QED) is 0.907. The maximum absolute atomic E-state index is 12.3. The van der Waals surface area contributed by atoms with E-state index in [1.54, 1.807) is 18.3 Å². The Morgan fingerprint density at radius 1 is 1.59 bits per heavy atom. The van der Waals surface area contributed by atoms with Gasteiger partial charge in [-0.1, -0.05) is 6.92 Å². The average Bonchev–Trinajstić information content (AvgIpc) is 2.65. The van der Waals surface area contributed by atoms with Crippen molar-refractivity contribution < 1.29 is 5.11 Å². The summed E-state index contributed by atoms with van der Waals surface area (Å²) in [7, 11) is 0. The minimum absolute atomic E-state index is 0.0437. The van der Waals surface area contributed by atoms with Gasteiger partial charge in [0.15, 0.2) is 0 Å². The van der Waals surface area contributed by atoms with Gasteiger partial charge in [0.05, 0.1) is 24.4 Å². The number of aryl methyl sites for hydroxylation is 2. The van der Waals surface area contributed by atoms with E-state index in [-0.39, 0.29) is 18.2 Å². The van der Waals surface area contributed by atoms with E-state index in [1.165, 1.54) is 10.9 Å². The monoisotopic (exact) mass is 252 g/mol. The van der Waals surface area contributed by atoms with Crippen LogP contribution < -0.4 is 5.56 Å². The summed E-state index contributed by atoms with van der Waals surface area (Å²) in [6.45, 7) is 5.81. The van der Waals surface area contributed by atoms with Crippen LogP contribution in [0.1, 0.15) is 30.3 Å². The van der Waals surface area contributed by atoms with Crippen LogP contribution in [0.5, 0.6) is 0 Å². The summed E-state index contributed by atoms with van der Waals surface area (Å²) in [5.41, 5.74) is 1.04. The van der Waals surface area contributed by atoms with E-state index < -0.39 is 0 Å². The first-order chi connectivity index (χ1) is 8.10. The van der Waals surface area contributed by atoms with Gasteiger partial charge in [0.1, 0.15) is 4.83 Å². The summed E-state index contributed by atoms with van der Waals surface area (Å²) in [4.78, 5) is 18.6. The van der Waals surface area contributed by atoms with Gasteiger partial charge in [-0.25, -0.2) is 4.98 Å². The molecule has 2 aromatic rings. The molecule has 1 atom stereocenters. The first-order valence-corrected chi connectivity index (χ1v) is 6.51. The molecule has 4 nitrogen and oxygen atoms in total. The third-order valence-electron chi connectivity index (χ3n) is 3.03. The van der Waals surface area contributed by atoms with Gasteiger partial charge in [0, 0.05) is 4.88 Å². The van der Waals surface area contributed by atoms with E-state index >= 15 is 0 Å². The van der Waals surface area contributed by atoms with Crippen molar-refractivity contribution in [3.05, 3.63) is 27.1 Å². The van der Waals surface area contributed by atoms with E-state index in [0.717, 1.165) is 27.1 Å². The molecule has 0 aliphatic heterocycles. The second kappa shape index (κ2) is 4.58.